The Morgan fingerprint density at radius 1 is 1.44 bits per heavy atom. The van der Waals surface area contributed by atoms with Crippen LogP contribution in [-0.2, 0) is 0 Å². The van der Waals surface area contributed by atoms with Gasteiger partial charge in [-0.05, 0) is 53.4 Å². The number of benzene rings is 1. The molecule has 1 fully saturated rings. The molecule has 2 nitrogen and oxygen atoms in total. The molecule has 1 saturated heterocycles. The molecule has 1 amide bonds. The zero-order chi connectivity index (χ0) is 13.1. The number of hydrogen-bond acceptors (Lipinski definition) is 1. The molecule has 2 rings (SSSR count). The Labute approximate surface area is 129 Å². The highest BCUT2D eigenvalue weighted by Crippen LogP contribution is 2.26. The van der Waals surface area contributed by atoms with E-state index in [1.807, 2.05) is 4.90 Å². The van der Waals surface area contributed by atoms with Crippen LogP contribution in [0.1, 0.15) is 29.6 Å². The van der Waals surface area contributed by atoms with Crippen molar-refractivity contribution in [1.82, 2.24) is 4.90 Å². The van der Waals surface area contributed by atoms with E-state index in [9.17, 15) is 4.79 Å². The third-order valence-corrected chi connectivity index (χ3v) is 5.19. The lowest BCUT2D eigenvalue weighted by Crippen LogP contribution is -2.44. The SMILES string of the molecule is O=C(c1ccc(Cl)c(Br)c1)N1CCCCC1CBr. The van der Waals surface area contributed by atoms with Crippen LogP contribution in [0, 0.1) is 0 Å². The second kappa shape index (κ2) is 6.40. The number of amides is 1. The highest BCUT2D eigenvalue weighted by Gasteiger charge is 2.26. The van der Waals surface area contributed by atoms with E-state index in [1.165, 1.54) is 6.42 Å². The van der Waals surface area contributed by atoms with Gasteiger partial charge >= 0.3 is 0 Å². The summed E-state index contributed by atoms with van der Waals surface area (Å²) >= 11 is 12.8. The van der Waals surface area contributed by atoms with Crippen molar-refractivity contribution in [2.75, 3.05) is 11.9 Å². The molecule has 1 unspecified atom stereocenters. The lowest BCUT2D eigenvalue weighted by molar-refractivity contribution is 0.0642. The van der Waals surface area contributed by atoms with Gasteiger partial charge in [-0.3, -0.25) is 4.79 Å². The summed E-state index contributed by atoms with van der Waals surface area (Å²) < 4.78 is 0.766. The number of carbonyl (C=O) groups excluding carboxylic acids is 1. The molecule has 5 heteroatoms. The number of alkyl halides is 1. The number of rotatable bonds is 2. The summed E-state index contributed by atoms with van der Waals surface area (Å²) in [5.74, 6) is 0.0940. The lowest BCUT2D eigenvalue weighted by atomic mass is 10.0. The van der Waals surface area contributed by atoms with Gasteiger partial charge in [-0.2, -0.15) is 0 Å². The van der Waals surface area contributed by atoms with Crippen molar-refractivity contribution in [2.24, 2.45) is 0 Å². The minimum absolute atomic E-state index is 0.0940. The molecular weight excluding hydrogens is 381 g/mol. The van der Waals surface area contributed by atoms with E-state index in [0.29, 0.717) is 16.6 Å². The number of piperidine rings is 1. The van der Waals surface area contributed by atoms with Crippen LogP contribution in [0.4, 0.5) is 0 Å². The average molecular weight is 396 g/mol. The van der Waals surface area contributed by atoms with Gasteiger partial charge in [0.15, 0.2) is 0 Å². The summed E-state index contributed by atoms with van der Waals surface area (Å²) in [5, 5.41) is 1.47. The largest absolute Gasteiger partial charge is 0.335 e. The van der Waals surface area contributed by atoms with Crippen molar-refractivity contribution in [1.29, 1.82) is 0 Å². The van der Waals surface area contributed by atoms with E-state index >= 15 is 0 Å². The summed E-state index contributed by atoms with van der Waals surface area (Å²) in [7, 11) is 0. The Morgan fingerprint density at radius 2 is 2.22 bits per heavy atom. The molecule has 98 valence electrons. The van der Waals surface area contributed by atoms with Crippen molar-refractivity contribution < 1.29 is 4.79 Å². The van der Waals surface area contributed by atoms with Crippen LogP contribution in [0.25, 0.3) is 0 Å². The second-order valence-corrected chi connectivity index (χ2v) is 6.34. The Bertz CT molecular complexity index is 453. The monoisotopic (exact) mass is 393 g/mol. The normalized spacial score (nSPS) is 19.9. The molecule has 0 aromatic heterocycles. The van der Waals surface area contributed by atoms with Gasteiger partial charge in [0, 0.05) is 28.0 Å². The predicted octanol–water partition coefficient (Wildman–Crippen LogP) is 4.49. The van der Waals surface area contributed by atoms with Crippen molar-refractivity contribution >= 4 is 49.4 Å². The first-order valence-electron chi connectivity index (χ1n) is 5.95. The third kappa shape index (κ3) is 3.09. The summed E-state index contributed by atoms with van der Waals surface area (Å²) in [4.78, 5) is 14.4. The summed E-state index contributed by atoms with van der Waals surface area (Å²) in [6, 6.07) is 5.65. The summed E-state index contributed by atoms with van der Waals surface area (Å²) in [5.41, 5.74) is 0.694. The van der Waals surface area contributed by atoms with E-state index in [1.54, 1.807) is 18.2 Å². The van der Waals surface area contributed by atoms with E-state index in [2.05, 4.69) is 31.9 Å². The van der Waals surface area contributed by atoms with E-state index in [0.717, 1.165) is 29.2 Å². The molecule has 18 heavy (non-hydrogen) atoms. The molecule has 0 aliphatic carbocycles. The van der Waals surface area contributed by atoms with Crippen LogP contribution in [0.5, 0.6) is 0 Å². The van der Waals surface area contributed by atoms with Gasteiger partial charge in [-0.1, -0.05) is 27.5 Å². The van der Waals surface area contributed by atoms with Crippen LogP contribution in [0.15, 0.2) is 22.7 Å². The van der Waals surface area contributed by atoms with E-state index < -0.39 is 0 Å². The van der Waals surface area contributed by atoms with Gasteiger partial charge in [-0.25, -0.2) is 0 Å². The van der Waals surface area contributed by atoms with Crippen molar-refractivity contribution in [3.8, 4) is 0 Å². The number of likely N-dealkylation sites (tertiary alicyclic amines) is 1. The van der Waals surface area contributed by atoms with Gasteiger partial charge < -0.3 is 4.90 Å². The van der Waals surface area contributed by atoms with Crippen molar-refractivity contribution in [3.05, 3.63) is 33.3 Å². The zero-order valence-corrected chi connectivity index (χ0v) is 13.8. The van der Waals surface area contributed by atoms with Gasteiger partial charge in [-0.15, -0.1) is 0 Å². The zero-order valence-electron chi connectivity index (χ0n) is 9.83. The minimum Gasteiger partial charge on any atom is -0.335 e. The van der Waals surface area contributed by atoms with Gasteiger partial charge in [0.1, 0.15) is 0 Å². The molecule has 0 saturated carbocycles. The van der Waals surface area contributed by atoms with Gasteiger partial charge in [0.2, 0.25) is 0 Å². The molecule has 1 aliphatic heterocycles. The molecule has 1 aromatic rings. The van der Waals surface area contributed by atoms with Crippen LogP contribution in [-0.4, -0.2) is 28.7 Å². The van der Waals surface area contributed by atoms with Gasteiger partial charge in [0.05, 0.1) is 5.02 Å². The number of carbonyl (C=O) groups is 1. The first-order valence-corrected chi connectivity index (χ1v) is 8.24. The highest BCUT2D eigenvalue weighted by molar-refractivity contribution is 9.10. The first kappa shape index (κ1) is 14.4. The maximum atomic E-state index is 12.5. The molecule has 0 radical (unpaired) electrons. The smallest absolute Gasteiger partial charge is 0.254 e. The minimum atomic E-state index is 0.0940. The summed E-state index contributed by atoms with van der Waals surface area (Å²) in [6.45, 7) is 0.843. The number of hydrogen-bond donors (Lipinski definition) is 0. The maximum absolute atomic E-state index is 12.5. The first-order chi connectivity index (χ1) is 8.63. The molecular formula is C13H14Br2ClNO. The van der Waals surface area contributed by atoms with Crippen LogP contribution < -0.4 is 0 Å². The quantitative estimate of drug-likeness (QED) is 0.676. The fourth-order valence-electron chi connectivity index (χ4n) is 2.22. The number of nitrogens with zero attached hydrogens (tertiary/aromatic N) is 1. The molecule has 0 bridgehead atoms. The standard InChI is InChI=1S/C13H14Br2ClNO/c14-8-10-3-1-2-6-17(10)13(18)9-4-5-12(16)11(15)7-9/h4-5,7,10H,1-3,6,8H2. The second-order valence-electron chi connectivity index (χ2n) is 4.43. The number of halogens is 3. The third-order valence-electron chi connectivity index (χ3n) is 3.23. The van der Waals surface area contributed by atoms with E-state index in [4.69, 9.17) is 11.6 Å². The highest BCUT2D eigenvalue weighted by atomic mass is 79.9. The van der Waals surface area contributed by atoms with Crippen molar-refractivity contribution in [3.63, 3.8) is 0 Å². The Morgan fingerprint density at radius 3 is 2.89 bits per heavy atom. The molecule has 0 spiro atoms. The van der Waals surface area contributed by atoms with Gasteiger partial charge in [0.25, 0.3) is 5.91 Å². The molecule has 1 atom stereocenters. The van der Waals surface area contributed by atoms with Crippen LogP contribution in [0.2, 0.25) is 5.02 Å². The van der Waals surface area contributed by atoms with E-state index in [-0.39, 0.29) is 5.91 Å². The van der Waals surface area contributed by atoms with Crippen molar-refractivity contribution in [2.45, 2.75) is 25.3 Å². The Kier molecular flexibility index (Phi) is 5.10. The topological polar surface area (TPSA) is 20.3 Å². The van der Waals surface area contributed by atoms with Crippen LogP contribution in [0.3, 0.4) is 0 Å². The summed E-state index contributed by atoms with van der Waals surface area (Å²) in [6.07, 6.45) is 3.36. The fourth-order valence-corrected chi connectivity index (χ4v) is 3.39. The molecule has 1 aliphatic rings. The van der Waals surface area contributed by atoms with Crippen LogP contribution >= 0.6 is 43.5 Å². The Hall–Kier alpha value is -0.0600. The Balaban J connectivity index is 2.21. The predicted molar refractivity (Wildman–Crippen MR) is 81.6 cm³/mol. The maximum Gasteiger partial charge on any atom is 0.254 e. The lowest BCUT2D eigenvalue weighted by Gasteiger charge is -2.34. The molecule has 0 N–H and O–H groups in total. The molecule has 1 aromatic carbocycles. The average Bonchev–Trinajstić information content (AvgIpc) is 2.41. The fraction of sp³-hybridized carbons (Fsp3) is 0.462. The molecule has 1 heterocycles.